The summed E-state index contributed by atoms with van der Waals surface area (Å²) >= 11 is 0. The summed E-state index contributed by atoms with van der Waals surface area (Å²) in [5.41, 5.74) is 3.38. The number of hydrogen-bond donors (Lipinski definition) is 1. The van der Waals surface area contributed by atoms with E-state index in [9.17, 15) is 14.0 Å². The molecule has 1 N–H and O–H groups in total. The first-order valence-corrected chi connectivity index (χ1v) is 11.6. The number of para-hydroxylation sites is 1. The van der Waals surface area contributed by atoms with Gasteiger partial charge in [-0.2, -0.15) is 5.10 Å². The fourth-order valence-corrected chi connectivity index (χ4v) is 4.32. The van der Waals surface area contributed by atoms with Gasteiger partial charge in [-0.25, -0.2) is 9.07 Å². The Morgan fingerprint density at radius 1 is 0.857 bits per heavy atom. The molecule has 35 heavy (non-hydrogen) atoms. The molecule has 7 heteroatoms. The van der Waals surface area contributed by atoms with Crippen LogP contribution in [-0.2, 0) is 0 Å². The molecular weight excluding hydrogens is 443 g/mol. The molecule has 176 valence electrons. The third-order valence-corrected chi connectivity index (χ3v) is 6.24. The van der Waals surface area contributed by atoms with E-state index >= 15 is 0 Å². The first-order chi connectivity index (χ1) is 17.1. The van der Waals surface area contributed by atoms with Gasteiger partial charge in [0, 0.05) is 36.5 Å². The zero-order chi connectivity index (χ0) is 24.2. The molecule has 1 aliphatic rings. The molecule has 5 rings (SSSR count). The molecule has 0 unspecified atom stereocenters. The summed E-state index contributed by atoms with van der Waals surface area (Å²) in [6, 6.07) is 24.9. The number of piperidine rings is 1. The normalized spacial score (nSPS) is 14.0. The highest BCUT2D eigenvalue weighted by atomic mass is 19.1. The van der Waals surface area contributed by atoms with Crippen LogP contribution in [0, 0.1) is 5.82 Å². The van der Waals surface area contributed by atoms with Gasteiger partial charge in [-0.3, -0.25) is 9.59 Å². The van der Waals surface area contributed by atoms with Crippen LogP contribution in [0.2, 0.25) is 0 Å². The number of nitrogens with one attached hydrogen (secondary N) is 1. The van der Waals surface area contributed by atoms with Gasteiger partial charge in [0.15, 0.2) is 0 Å². The molecule has 6 nitrogen and oxygen atoms in total. The summed E-state index contributed by atoms with van der Waals surface area (Å²) in [7, 11) is 0. The maximum Gasteiger partial charge on any atom is 0.257 e. The number of carbonyl (C=O) groups excluding carboxylic acids is 2. The van der Waals surface area contributed by atoms with E-state index in [1.807, 2.05) is 65.6 Å². The van der Waals surface area contributed by atoms with E-state index in [0.29, 0.717) is 42.8 Å². The Balaban J connectivity index is 1.31. The fraction of sp³-hybridized carbons (Fsp3) is 0.179. The molecule has 0 aliphatic carbocycles. The lowest BCUT2D eigenvalue weighted by molar-refractivity contribution is 0.0699. The van der Waals surface area contributed by atoms with Crippen molar-refractivity contribution >= 4 is 11.8 Å². The molecule has 0 spiro atoms. The third kappa shape index (κ3) is 4.99. The Morgan fingerprint density at radius 2 is 1.49 bits per heavy atom. The van der Waals surface area contributed by atoms with Crippen molar-refractivity contribution in [3.05, 3.63) is 108 Å². The molecule has 0 atom stereocenters. The predicted molar refractivity (Wildman–Crippen MR) is 132 cm³/mol. The smallest absolute Gasteiger partial charge is 0.257 e. The molecule has 2 amide bonds. The minimum Gasteiger partial charge on any atom is -0.349 e. The van der Waals surface area contributed by atoms with Crippen LogP contribution in [0.3, 0.4) is 0 Å². The van der Waals surface area contributed by atoms with Gasteiger partial charge in [0.05, 0.1) is 11.3 Å². The largest absolute Gasteiger partial charge is 0.349 e. The van der Waals surface area contributed by atoms with Gasteiger partial charge in [-0.1, -0.05) is 48.5 Å². The molecule has 4 aromatic rings. The third-order valence-electron chi connectivity index (χ3n) is 6.24. The van der Waals surface area contributed by atoms with Gasteiger partial charge >= 0.3 is 0 Å². The molecule has 0 radical (unpaired) electrons. The first-order valence-electron chi connectivity index (χ1n) is 11.6. The van der Waals surface area contributed by atoms with Gasteiger partial charge in [0.25, 0.3) is 11.8 Å². The molecular formula is C28H25FN4O2. The fourth-order valence-electron chi connectivity index (χ4n) is 4.32. The van der Waals surface area contributed by atoms with Crippen molar-refractivity contribution in [1.82, 2.24) is 20.0 Å². The van der Waals surface area contributed by atoms with Gasteiger partial charge in [0.2, 0.25) is 0 Å². The van der Waals surface area contributed by atoms with E-state index in [0.717, 1.165) is 11.3 Å². The Labute approximate surface area is 203 Å². The van der Waals surface area contributed by atoms with Gasteiger partial charge in [0.1, 0.15) is 11.5 Å². The lowest BCUT2D eigenvalue weighted by Gasteiger charge is -2.32. The number of hydrogen-bond acceptors (Lipinski definition) is 3. The zero-order valence-corrected chi connectivity index (χ0v) is 19.1. The molecule has 3 aromatic carbocycles. The molecule has 1 saturated heterocycles. The van der Waals surface area contributed by atoms with Gasteiger partial charge in [-0.15, -0.1) is 0 Å². The van der Waals surface area contributed by atoms with Crippen LogP contribution in [-0.4, -0.2) is 45.6 Å². The molecule has 0 bridgehead atoms. The maximum atomic E-state index is 13.6. The predicted octanol–water partition coefficient (Wildman–Crippen LogP) is 4.71. The van der Waals surface area contributed by atoms with Gasteiger partial charge < -0.3 is 10.2 Å². The number of halogens is 1. The lowest BCUT2D eigenvalue weighted by atomic mass is 10.0. The monoisotopic (exact) mass is 468 g/mol. The minimum absolute atomic E-state index is 0.0442. The van der Waals surface area contributed by atoms with E-state index in [1.54, 1.807) is 10.9 Å². The summed E-state index contributed by atoms with van der Waals surface area (Å²) in [6.07, 6.45) is 3.08. The number of carbonyl (C=O) groups is 2. The molecule has 2 heterocycles. The second kappa shape index (κ2) is 9.93. The lowest BCUT2D eigenvalue weighted by Crippen LogP contribution is -2.46. The molecule has 1 aliphatic heterocycles. The average Bonchev–Trinajstić information content (AvgIpc) is 3.36. The number of aromatic nitrogens is 2. The highest BCUT2D eigenvalue weighted by molar-refractivity contribution is 6.00. The quantitative estimate of drug-likeness (QED) is 0.461. The van der Waals surface area contributed by atoms with Gasteiger partial charge in [-0.05, 0) is 49.2 Å². The van der Waals surface area contributed by atoms with Crippen LogP contribution in [0.1, 0.15) is 33.6 Å². The van der Waals surface area contributed by atoms with E-state index in [-0.39, 0.29) is 23.7 Å². The summed E-state index contributed by atoms with van der Waals surface area (Å²) in [6.45, 7) is 1.05. The molecule has 1 aromatic heterocycles. The number of amides is 2. The topological polar surface area (TPSA) is 67.2 Å². The van der Waals surface area contributed by atoms with Crippen LogP contribution in [0.4, 0.5) is 4.39 Å². The summed E-state index contributed by atoms with van der Waals surface area (Å²) in [5, 5.41) is 7.75. The van der Waals surface area contributed by atoms with Crippen molar-refractivity contribution in [3.8, 4) is 16.9 Å². The number of likely N-dealkylation sites (tertiary alicyclic amines) is 1. The Morgan fingerprint density at radius 3 is 2.14 bits per heavy atom. The molecule has 0 saturated carbocycles. The van der Waals surface area contributed by atoms with Crippen molar-refractivity contribution < 1.29 is 14.0 Å². The second-order valence-electron chi connectivity index (χ2n) is 8.58. The Bertz CT molecular complexity index is 1310. The van der Waals surface area contributed by atoms with Crippen molar-refractivity contribution in [2.24, 2.45) is 0 Å². The van der Waals surface area contributed by atoms with Crippen molar-refractivity contribution in [2.45, 2.75) is 18.9 Å². The zero-order valence-electron chi connectivity index (χ0n) is 19.1. The van der Waals surface area contributed by atoms with E-state index < -0.39 is 0 Å². The SMILES string of the molecule is O=C(NC1CCN(C(=O)c2cn(-c3ccccc3)nc2-c2ccccc2)CC1)c1ccc(F)cc1. The van der Waals surface area contributed by atoms with Crippen LogP contribution in [0.15, 0.2) is 91.1 Å². The Kier molecular flexibility index (Phi) is 6.39. The number of benzene rings is 3. The van der Waals surface area contributed by atoms with E-state index in [2.05, 4.69) is 5.32 Å². The van der Waals surface area contributed by atoms with Crippen LogP contribution < -0.4 is 5.32 Å². The summed E-state index contributed by atoms with van der Waals surface area (Å²) < 4.78 is 14.9. The molecule has 1 fully saturated rings. The van der Waals surface area contributed by atoms with Crippen molar-refractivity contribution in [2.75, 3.05) is 13.1 Å². The van der Waals surface area contributed by atoms with Crippen LogP contribution >= 0.6 is 0 Å². The summed E-state index contributed by atoms with van der Waals surface area (Å²) in [4.78, 5) is 27.9. The number of nitrogens with zero attached hydrogens (tertiary/aromatic N) is 3. The highest BCUT2D eigenvalue weighted by Crippen LogP contribution is 2.26. The average molecular weight is 469 g/mol. The standard InChI is InChI=1S/C28H25FN4O2/c29-22-13-11-21(12-14-22)27(34)30-23-15-17-32(18-16-23)28(35)25-19-33(24-9-5-2-6-10-24)31-26(25)20-7-3-1-4-8-20/h1-14,19,23H,15-18H2,(H,30,34). The second-order valence-corrected chi connectivity index (χ2v) is 8.58. The highest BCUT2D eigenvalue weighted by Gasteiger charge is 2.28. The van der Waals surface area contributed by atoms with Crippen molar-refractivity contribution in [3.63, 3.8) is 0 Å². The van der Waals surface area contributed by atoms with Crippen molar-refractivity contribution in [1.29, 1.82) is 0 Å². The van der Waals surface area contributed by atoms with Crippen LogP contribution in [0.5, 0.6) is 0 Å². The number of rotatable bonds is 5. The van der Waals surface area contributed by atoms with E-state index in [4.69, 9.17) is 5.10 Å². The van der Waals surface area contributed by atoms with Crippen LogP contribution in [0.25, 0.3) is 16.9 Å². The maximum absolute atomic E-state index is 13.6. The first kappa shape index (κ1) is 22.5. The van der Waals surface area contributed by atoms with E-state index in [1.165, 1.54) is 24.3 Å². The minimum atomic E-state index is -0.376. The Hall–Kier alpha value is -4.26. The summed E-state index contributed by atoms with van der Waals surface area (Å²) in [5.74, 6) is -0.682.